The first kappa shape index (κ1) is 12.1. The van der Waals surface area contributed by atoms with Crippen molar-refractivity contribution in [2.45, 2.75) is 6.92 Å². The molecule has 1 aromatic heterocycles. The van der Waals surface area contributed by atoms with Crippen LogP contribution in [0.4, 0.5) is 17.5 Å². The minimum Gasteiger partial charge on any atom is -0.368 e. The Morgan fingerprint density at radius 1 is 1.44 bits per heavy atom. The first-order valence-corrected chi connectivity index (χ1v) is 5.53. The molecule has 2 rings (SSSR count). The van der Waals surface area contributed by atoms with Crippen molar-refractivity contribution in [3.63, 3.8) is 0 Å². The second-order valence-corrected chi connectivity index (χ2v) is 4.12. The van der Waals surface area contributed by atoms with Gasteiger partial charge in [-0.15, -0.1) is 0 Å². The number of nitrogens with one attached hydrogen (secondary N) is 1. The van der Waals surface area contributed by atoms with Crippen LogP contribution in [0.15, 0.2) is 24.4 Å². The highest BCUT2D eigenvalue weighted by atomic mass is 35.5. The molecule has 0 atom stereocenters. The molecular formula is C12H10ClN5. The smallest absolute Gasteiger partial charge is 0.221 e. The largest absolute Gasteiger partial charge is 0.368 e. The predicted octanol–water partition coefficient (Wildman–Crippen LogP) is 2.64. The Morgan fingerprint density at radius 2 is 2.22 bits per heavy atom. The van der Waals surface area contributed by atoms with Crippen LogP contribution in [0.1, 0.15) is 11.1 Å². The van der Waals surface area contributed by atoms with Gasteiger partial charge < -0.3 is 11.1 Å². The predicted molar refractivity (Wildman–Crippen MR) is 70.6 cm³/mol. The van der Waals surface area contributed by atoms with Crippen molar-refractivity contribution >= 4 is 29.1 Å². The summed E-state index contributed by atoms with van der Waals surface area (Å²) in [4.78, 5) is 7.95. The first-order valence-electron chi connectivity index (χ1n) is 5.16. The summed E-state index contributed by atoms with van der Waals surface area (Å²) in [6.07, 6.45) is 1.61. The third kappa shape index (κ3) is 2.50. The fourth-order valence-corrected chi connectivity index (χ4v) is 1.60. The number of nitriles is 1. The summed E-state index contributed by atoms with van der Waals surface area (Å²) in [5, 5.41) is 12.6. The molecule has 0 aliphatic heterocycles. The molecule has 0 aliphatic carbocycles. The molecule has 6 heteroatoms. The third-order valence-corrected chi connectivity index (χ3v) is 2.58. The Hall–Kier alpha value is -2.32. The summed E-state index contributed by atoms with van der Waals surface area (Å²) < 4.78 is 0. The Balaban J connectivity index is 2.43. The second-order valence-electron chi connectivity index (χ2n) is 3.69. The SMILES string of the molecule is Cc1cnc(N)nc1Nc1cc(Cl)ccc1C#N. The van der Waals surface area contributed by atoms with Gasteiger partial charge in [-0.25, -0.2) is 4.98 Å². The van der Waals surface area contributed by atoms with Gasteiger partial charge in [-0.2, -0.15) is 10.2 Å². The molecule has 0 radical (unpaired) electrons. The van der Waals surface area contributed by atoms with E-state index in [1.807, 2.05) is 6.92 Å². The van der Waals surface area contributed by atoms with E-state index in [0.29, 0.717) is 22.1 Å². The number of hydrogen-bond donors (Lipinski definition) is 2. The molecule has 5 nitrogen and oxygen atoms in total. The lowest BCUT2D eigenvalue weighted by Gasteiger charge is -2.10. The monoisotopic (exact) mass is 259 g/mol. The molecule has 2 aromatic rings. The Morgan fingerprint density at radius 3 is 2.94 bits per heavy atom. The van der Waals surface area contributed by atoms with Gasteiger partial charge >= 0.3 is 0 Å². The zero-order valence-electron chi connectivity index (χ0n) is 9.61. The highest BCUT2D eigenvalue weighted by molar-refractivity contribution is 6.30. The maximum Gasteiger partial charge on any atom is 0.221 e. The standard InChI is InChI=1S/C12H10ClN5/c1-7-6-16-12(15)18-11(7)17-10-4-9(13)3-2-8(10)5-14/h2-4,6H,1H3,(H3,15,16,17,18). The first-order chi connectivity index (χ1) is 8.60. The van der Waals surface area contributed by atoms with E-state index < -0.39 is 0 Å². The normalized spacial score (nSPS) is 9.83. The van der Waals surface area contributed by atoms with Crippen LogP contribution in [0.5, 0.6) is 0 Å². The molecule has 0 unspecified atom stereocenters. The van der Waals surface area contributed by atoms with Gasteiger partial charge in [-0.3, -0.25) is 0 Å². The fourth-order valence-electron chi connectivity index (χ4n) is 1.43. The molecule has 1 aromatic carbocycles. The Labute approximate surface area is 109 Å². The molecule has 3 N–H and O–H groups in total. The zero-order valence-corrected chi connectivity index (χ0v) is 10.4. The summed E-state index contributed by atoms with van der Waals surface area (Å²) in [5.74, 6) is 0.727. The van der Waals surface area contributed by atoms with E-state index in [9.17, 15) is 0 Å². The summed E-state index contributed by atoms with van der Waals surface area (Å²) in [7, 11) is 0. The highest BCUT2D eigenvalue weighted by Crippen LogP contribution is 2.24. The molecule has 0 aliphatic rings. The summed E-state index contributed by atoms with van der Waals surface area (Å²) in [6, 6.07) is 7.05. The molecule has 90 valence electrons. The number of anilines is 3. The van der Waals surface area contributed by atoms with Crippen molar-refractivity contribution in [2.24, 2.45) is 0 Å². The van der Waals surface area contributed by atoms with Gasteiger partial charge in [0.1, 0.15) is 11.9 Å². The molecule has 1 heterocycles. The summed E-state index contributed by atoms with van der Waals surface area (Å²) >= 11 is 5.90. The third-order valence-electron chi connectivity index (χ3n) is 2.35. The van der Waals surface area contributed by atoms with Gasteiger partial charge in [0.2, 0.25) is 5.95 Å². The maximum absolute atomic E-state index is 9.02. The zero-order chi connectivity index (χ0) is 13.1. The van der Waals surface area contributed by atoms with Crippen LogP contribution in [0.2, 0.25) is 5.02 Å². The van der Waals surface area contributed by atoms with Gasteiger partial charge in [-0.1, -0.05) is 11.6 Å². The Kier molecular flexibility index (Phi) is 3.31. The van der Waals surface area contributed by atoms with E-state index in [4.69, 9.17) is 22.6 Å². The van der Waals surface area contributed by atoms with E-state index in [1.54, 1.807) is 24.4 Å². The highest BCUT2D eigenvalue weighted by Gasteiger charge is 2.07. The molecule has 0 saturated heterocycles. The van der Waals surface area contributed by atoms with Gasteiger partial charge in [0.05, 0.1) is 11.3 Å². The average molecular weight is 260 g/mol. The van der Waals surface area contributed by atoms with Crippen LogP contribution in [-0.4, -0.2) is 9.97 Å². The number of nitrogen functional groups attached to an aromatic ring is 1. The topological polar surface area (TPSA) is 87.6 Å². The lowest BCUT2D eigenvalue weighted by molar-refractivity contribution is 1.15. The lowest BCUT2D eigenvalue weighted by atomic mass is 10.2. The summed E-state index contributed by atoms with van der Waals surface area (Å²) in [6.45, 7) is 1.85. The molecule has 0 amide bonds. The minimum absolute atomic E-state index is 0.170. The van der Waals surface area contributed by atoms with E-state index >= 15 is 0 Å². The molecule has 18 heavy (non-hydrogen) atoms. The number of rotatable bonds is 2. The van der Waals surface area contributed by atoms with E-state index in [1.165, 1.54) is 0 Å². The number of nitrogens with zero attached hydrogens (tertiary/aromatic N) is 3. The fraction of sp³-hybridized carbons (Fsp3) is 0.0833. The Bertz CT molecular complexity index is 633. The van der Waals surface area contributed by atoms with Crippen molar-refractivity contribution in [2.75, 3.05) is 11.1 Å². The van der Waals surface area contributed by atoms with Crippen molar-refractivity contribution < 1.29 is 0 Å². The van der Waals surface area contributed by atoms with Crippen LogP contribution in [-0.2, 0) is 0 Å². The number of hydrogen-bond acceptors (Lipinski definition) is 5. The van der Waals surface area contributed by atoms with E-state index in [-0.39, 0.29) is 5.95 Å². The number of aryl methyl sites for hydroxylation is 1. The van der Waals surface area contributed by atoms with Gasteiger partial charge in [0, 0.05) is 16.8 Å². The number of aromatic nitrogens is 2. The van der Waals surface area contributed by atoms with Crippen molar-refractivity contribution in [1.82, 2.24) is 9.97 Å². The van der Waals surface area contributed by atoms with Crippen LogP contribution in [0.3, 0.4) is 0 Å². The van der Waals surface area contributed by atoms with Crippen molar-refractivity contribution in [1.29, 1.82) is 5.26 Å². The minimum atomic E-state index is 0.170. The molecule has 0 saturated carbocycles. The van der Waals surface area contributed by atoms with Gasteiger partial charge in [0.15, 0.2) is 0 Å². The van der Waals surface area contributed by atoms with Crippen molar-refractivity contribution in [3.05, 3.63) is 40.5 Å². The summed E-state index contributed by atoms with van der Waals surface area (Å²) in [5.41, 5.74) is 7.43. The maximum atomic E-state index is 9.02. The quantitative estimate of drug-likeness (QED) is 0.866. The number of benzene rings is 1. The van der Waals surface area contributed by atoms with Crippen molar-refractivity contribution in [3.8, 4) is 6.07 Å². The van der Waals surface area contributed by atoms with Crippen LogP contribution in [0.25, 0.3) is 0 Å². The number of halogens is 1. The average Bonchev–Trinajstić information content (AvgIpc) is 2.34. The molecule has 0 fully saturated rings. The van der Waals surface area contributed by atoms with Crippen LogP contribution >= 0.6 is 11.6 Å². The molecule has 0 spiro atoms. The molecule has 0 bridgehead atoms. The van der Waals surface area contributed by atoms with Crippen LogP contribution < -0.4 is 11.1 Å². The van der Waals surface area contributed by atoms with Gasteiger partial charge in [0.25, 0.3) is 0 Å². The van der Waals surface area contributed by atoms with Crippen LogP contribution in [0, 0.1) is 18.3 Å². The van der Waals surface area contributed by atoms with E-state index in [0.717, 1.165) is 5.56 Å². The van der Waals surface area contributed by atoms with E-state index in [2.05, 4.69) is 21.4 Å². The number of nitrogens with two attached hydrogens (primary N) is 1. The molecular weight excluding hydrogens is 250 g/mol. The lowest BCUT2D eigenvalue weighted by Crippen LogP contribution is -2.03. The second kappa shape index (κ2) is 4.90. The van der Waals surface area contributed by atoms with Gasteiger partial charge in [-0.05, 0) is 25.1 Å².